The second kappa shape index (κ2) is 11.5. The highest BCUT2D eigenvalue weighted by atomic mass is 16.6. The van der Waals surface area contributed by atoms with Gasteiger partial charge in [0, 0.05) is 0 Å². The van der Waals surface area contributed by atoms with Crippen LogP contribution in [-0.2, 0) is 0 Å². The van der Waals surface area contributed by atoms with Crippen molar-refractivity contribution in [1.82, 2.24) is 0 Å². The zero-order valence-corrected chi connectivity index (χ0v) is 20.8. The predicted octanol–water partition coefficient (Wildman–Crippen LogP) is 7.11. The fourth-order valence-electron chi connectivity index (χ4n) is 3.96. The molecule has 0 bridgehead atoms. The Bertz CT molecular complexity index is 1430. The van der Waals surface area contributed by atoms with Crippen LogP contribution < -0.4 is 18.9 Å². The molecule has 4 aromatic carbocycles. The van der Waals surface area contributed by atoms with Crippen LogP contribution in [0.5, 0.6) is 23.0 Å². The van der Waals surface area contributed by atoms with E-state index in [1.54, 1.807) is 0 Å². The molecule has 37 heavy (non-hydrogen) atoms. The Morgan fingerprint density at radius 2 is 1.32 bits per heavy atom. The number of aryl methyl sites for hydroxylation is 2. The topological polar surface area (TPSA) is 61.6 Å². The molecule has 1 heterocycles. The third kappa shape index (κ3) is 6.00. The van der Waals surface area contributed by atoms with Crippen molar-refractivity contribution in [3.05, 3.63) is 108 Å². The lowest BCUT2D eigenvalue weighted by Gasteiger charge is -2.29. The molecule has 4 aromatic rings. The van der Waals surface area contributed by atoms with Gasteiger partial charge in [0.1, 0.15) is 53.6 Å². The van der Waals surface area contributed by atoms with E-state index in [0.717, 1.165) is 22.6 Å². The molecule has 0 spiro atoms. The Morgan fingerprint density at radius 3 is 2.03 bits per heavy atom. The Labute approximate surface area is 216 Å². The van der Waals surface area contributed by atoms with Crippen molar-refractivity contribution >= 4 is 17.4 Å². The molecule has 2 atom stereocenters. The third-order valence-electron chi connectivity index (χ3n) is 6.04. The van der Waals surface area contributed by atoms with Gasteiger partial charge in [-0.3, -0.25) is 0 Å². The quantitative estimate of drug-likeness (QED) is 0.288. The van der Waals surface area contributed by atoms with Gasteiger partial charge >= 0.3 is 0 Å². The number of para-hydroxylation sites is 6. The molecule has 0 amide bonds. The minimum absolute atomic E-state index is 0.203. The maximum atomic E-state index is 6.55. The molecular formula is C31H28N2O4. The average molecular weight is 493 g/mol. The molecule has 0 radical (unpaired) electrons. The Balaban J connectivity index is 1.52. The summed E-state index contributed by atoms with van der Waals surface area (Å²) in [5.41, 5.74) is 3.31. The van der Waals surface area contributed by atoms with Gasteiger partial charge in [0.2, 0.25) is 0 Å². The van der Waals surface area contributed by atoms with Crippen LogP contribution in [0.4, 0.5) is 11.4 Å². The second-order valence-electron chi connectivity index (χ2n) is 8.72. The maximum Gasteiger partial charge on any atom is 0.173 e. The SMILES string of the molecule is Cc1ccccc1OCC(Oc1ccccc1C)C1COc2ccccc2N=C=Nc2ccccc2O1. The lowest BCUT2D eigenvalue weighted by molar-refractivity contribution is -0.000868. The van der Waals surface area contributed by atoms with Gasteiger partial charge in [-0.1, -0.05) is 60.7 Å². The van der Waals surface area contributed by atoms with Crippen molar-refractivity contribution in [2.45, 2.75) is 26.1 Å². The van der Waals surface area contributed by atoms with Gasteiger partial charge in [-0.15, -0.1) is 0 Å². The number of nitrogens with zero attached hydrogens (tertiary/aromatic N) is 2. The molecule has 186 valence electrons. The lowest BCUT2D eigenvalue weighted by atomic mass is 10.1. The molecule has 5 rings (SSSR count). The van der Waals surface area contributed by atoms with Crippen LogP contribution in [0.25, 0.3) is 0 Å². The largest absolute Gasteiger partial charge is 0.489 e. The zero-order valence-electron chi connectivity index (χ0n) is 20.8. The molecular weight excluding hydrogens is 464 g/mol. The van der Waals surface area contributed by atoms with Crippen LogP contribution >= 0.6 is 0 Å². The minimum Gasteiger partial charge on any atom is -0.489 e. The van der Waals surface area contributed by atoms with Crippen molar-refractivity contribution in [1.29, 1.82) is 0 Å². The monoisotopic (exact) mass is 492 g/mol. The van der Waals surface area contributed by atoms with Gasteiger partial charge < -0.3 is 18.9 Å². The van der Waals surface area contributed by atoms with E-state index in [1.807, 2.05) is 111 Å². The van der Waals surface area contributed by atoms with Crippen LogP contribution in [0.1, 0.15) is 11.1 Å². The summed E-state index contributed by atoms with van der Waals surface area (Å²) >= 11 is 0. The average Bonchev–Trinajstić information content (AvgIpc) is 2.95. The van der Waals surface area contributed by atoms with E-state index < -0.39 is 12.2 Å². The normalized spacial score (nSPS) is 15.2. The first-order valence-electron chi connectivity index (χ1n) is 12.2. The van der Waals surface area contributed by atoms with E-state index in [0.29, 0.717) is 22.9 Å². The Morgan fingerprint density at radius 1 is 0.757 bits per heavy atom. The van der Waals surface area contributed by atoms with Crippen LogP contribution in [0.2, 0.25) is 0 Å². The number of hydrogen-bond donors (Lipinski definition) is 0. The van der Waals surface area contributed by atoms with E-state index in [4.69, 9.17) is 18.9 Å². The first-order chi connectivity index (χ1) is 18.2. The van der Waals surface area contributed by atoms with Crippen LogP contribution in [0.15, 0.2) is 107 Å². The number of ether oxygens (including phenoxy) is 4. The van der Waals surface area contributed by atoms with Gasteiger partial charge in [-0.05, 0) is 61.4 Å². The van der Waals surface area contributed by atoms with Crippen molar-refractivity contribution < 1.29 is 18.9 Å². The number of benzene rings is 4. The fraction of sp³-hybridized carbons (Fsp3) is 0.194. The van der Waals surface area contributed by atoms with Crippen molar-refractivity contribution in [2.24, 2.45) is 9.98 Å². The van der Waals surface area contributed by atoms with E-state index in [-0.39, 0.29) is 13.2 Å². The number of fused-ring (bicyclic) bond motifs is 2. The van der Waals surface area contributed by atoms with Crippen molar-refractivity contribution in [3.8, 4) is 23.0 Å². The number of hydrogen-bond acceptors (Lipinski definition) is 6. The molecule has 1 aliphatic heterocycles. The fourth-order valence-corrected chi connectivity index (χ4v) is 3.96. The molecule has 1 aliphatic rings. The summed E-state index contributed by atoms with van der Waals surface area (Å²) in [6.45, 7) is 4.48. The van der Waals surface area contributed by atoms with Gasteiger partial charge in [0.05, 0.1) is 0 Å². The van der Waals surface area contributed by atoms with Crippen LogP contribution in [0, 0.1) is 13.8 Å². The highest BCUT2D eigenvalue weighted by molar-refractivity contribution is 5.64. The number of rotatable bonds is 6. The second-order valence-corrected chi connectivity index (χ2v) is 8.72. The van der Waals surface area contributed by atoms with Crippen molar-refractivity contribution in [3.63, 3.8) is 0 Å². The van der Waals surface area contributed by atoms with Crippen LogP contribution in [0.3, 0.4) is 0 Å². The molecule has 2 unspecified atom stereocenters. The third-order valence-corrected chi connectivity index (χ3v) is 6.04. The van der Waals surface area contributed by atoms with E-state index >= 15 is 0 Å². The summed E-state index contributed by atoms with van der Waals surface area (Å²) < 4.78 is 25.6. The summed E-state index contributed by atoms with van der Waals surface area (Å²) in [5.74, 6) is 2.74. The smallest absolute Gasteiger partial charge is 0.173 e. The van der Waals surface area contributed by atoms with Gasteiger partial charge in [0.25, 0.3) is 0 Å². The predicted molar refractivity (Wildman–Crippen MR) is 144 cm³/mol. The van der Waals surface area contributed by atoms with Crippen LogP contribution in [-0.4, -0.2) is 31.4 Å². The molecule has 0 fully saturated rings. The standard InChI is InChI=1S/C31H28N2O4/c1-22-11-3-7-15-26(22)34-19-30(36-27-16-8-4-12-23(27)2)31-20-35-28-17-9-5-13-24(28)32-21-33-25-14-6-10-18-29(25)37-31/h3-18,30-31H,19-20H2,1-2H3. The van der Waals surface area contributed by atoms with E-state index in [2.05, 4.69) is 16.0 Å². The summed E-state index contributed by atoms with van der Waals surface area (Å²) in [6.07, 6.45) is -1.04. The highest BCUT2D eigenvalue weighted by Crippen LogP contribution is 2.32. The number of aliphatic imine (C=N–C) groups is 2. The van der Waals surface area contributed by atoms with Gasteiger partial charge in [0.15, 0.2) is 12.2 Å². The van der Waals surface area contributed by atoms with E-state index in [1.165, 1.54) is 0 Å². The minimum atomic E-state index is -0.536. The summed E-state index contributed by atoms with van der Waals surface area (Å²) in [6, 6.07) is 33.6. The maximum absolute atomic E-state index is 6.55. The highest BCUT2D eigenvalue weighted by Gasteiger charge is 2.29. The summed E-state index contributed by atoms with van der Waals surface area (Å²) in [5, 5.41) is 0. The molecule has 0 N–H and O–H groups in total. The van der Waals surface area contributed by atoms with Gasteiger partial charge in [-0.25, -0.2) is 0 Å². The summed E-state index contributed by atoms with van der Waals surface area (Å²) in [7, 11) is 0. The molecule has 0 saturated carbocycles. The first-order valence-corrected chi connectivity index (χ1v) is 12.2. The van der Waals surface area contributed by atoms with E-state index in [9.17, 15) is 0 Å². The molecule has 6 heteroatoms. The zero-order chi connectivity index (χ0) is 25.5. The first kappa shape index (κ1) is 24.2. The molecule has 0 saturated heterocycles. The molecule has 6 nitrogen and oxygen atoms in total. The Kier molecular flexibility index (Phi) is 7.49. The van der Waals surface area contributed by atoms with Gasteiger partial charge in [-0.2, -0.15) is 9.98 Å². The Hall–Kier alpha value is -4.54. The summed E-state index contributed by atoms with van der Waals surface area (Å²) in [4.78, 5) is 8.79. The molecule has 0 aromatic heterocycles. The lowest BCUT2D eigenvalue weighted by Crippen LogP contribution is -2.44. The van der Waals surface area contributed by atoms with Crippen molar-refractivity contribution in [2.75, 3.05) is 13.2 Å². The molecule has 0 aliphatic carbocycles.